The summed E-state index contributed by atoms with van der Waals surface area (Å²) in [5.41, 5.74) is 0.289. The molecule has 1 aromatic rings. The molecular formula is C10H16N2O3. The van der Waals surface area contributed by atoms with Crippen LogP contribution in [0.1, 0.15) is 32.1 Å². The van der Waals surface area contributed by atoms with Gasteiger partial charge in [0.1, 0.15) is 11.4 Å². The number of amides is 1. The van der Waals surface area contributed by atoms with Crippen molar-refractivity contribution in [3.8, 4) is 0 Å². The van der Waals surface area contributed by atoms with Crippen LogP contribution in [0.2, 0.25) is 0 Å². The fourth-order valence-corrected chi connectivity index (χ4v) is 0.935. The third kappa shape index (κ3) is 3.27. The van der Waals surface area contributed by atoms with E-state index in [0.29, 0.717) is 11.6 Å². The molecule has 0 atom stereocenters. The summed E-state index contributed by atoms with van der Waals surface area (Å²) in [5, 5.41) is 6.22. The van der Waals surface area contributed by atoms with Crippen molar-refractivity contribution in [1.82, 2.24) is 5.16 Å². The lowest BCUT2D eigenvalue weighted by Gasteiger charge is -2.19. The highest BCUT2D eigenvalue weighted by Gasteiger charge is 2.18. The predicted octanol–water partition coefficient (Wildman–Crippen LogP) is 2.64. The molecule has 0 aromatic carbocycles. The van der Waals surface area contributed by atoms with Gasteiger partial charge in [-0.1, -0.05) is 5.16 Å². The van der Waals surface area contributed by atoms with E-state index in [1.54, 1.807) is 27.7 Å². The quantitative estimate of drug-likeness (QED) is 0.777. The lowest BCUT2D eigenvalue weighted by molar-refractivity contribution is 0.0634. The number of hydrogen-bond donors (Lipinski definition) is 1. The first kappa shape index (κ1) is 11.6. The molecule has 0 radical (unpaired) electrons. The Bertz CT molecular complexity index is 363. The van der Waals surface area contributed by atoms with Crippen LogP contribution in [0, 0.1) is 13.8 Å². The number of anilines is 1. The van der Waals surface area contributed by atoms with Gasteiger partial charge in [-0.3, -0.25) is 5.32 Å². The van der Waals surface area contributed by atoms with Gasteiger partial charge >= 0.3 is 6.09 Å². The smallest absolute Gasteiger partial charge is 0.413 e. The van der Waals surface area contributed by atoms with Crippen molar-refractivity contribution in [1.29, 1.82) is 0 Å². The van der Waals surface area contributed by atoms with Crippen molar-refractivity contribution < 1.29 is 14.1 Å². The Morgan fingerprint density at radius 1 is 1.40 bits per heavy atom. The standard InChI is InChI=1S/C10H16N2O3/c1-6-7(2)15-12-8(6)11-9(13)14-10(3,4)5/h1-5H3,(H,11,12,13). The summed E-state index contributed by atoms with van der Waals surface area (Å²) in [6.45, 7) is 9.00. The largest absolute Gasteiger partial charge is 0.444 e. The van der Waals surface area contributed by atoms with Crippen LogP contribution in [0.4, 0.5) is 10.6 Å². The van der Waals surface area contributed by atoms with Crippen LogP contribution in [-0.4, -0.2) is 16.9 Å². The molecule has 0 bridgehead atoms. The summed E-state index contributed by atoms with van der Waals surface area (Å²) in [5.74, 6) is 1.09. The number of nitrogens with one attached hydrogen (secondary N) is 1. The number of ether oxygens (including phenoxy) is 1. The molecule has 0 aliphatic carbocycles. The van der Waals surface area contributed by atoms with E-state index in [9.17, 15) is 4.79 Å². The maximum atomic E-state index is 11.4. The minimum Gasteiger partial charge on any atom is -0.444 e. The van der Waals surface area contributed by atoms with Crippen LogP contribution < -0.4 is 5.32 Å². The molecule has 0 aliphatic heterocycles. The van der Waals surface area contributed by atoms with E-state index >= 15 is 0 Å². The molecule has 0 saturated carbocycles. The molecule has 0 unspecified atom stereocenters. The summed E-state index contributed by atoms with van der Waals surface area (Å²) < 4.78 is 9.98. The third-order valence-electron chi connectivity index (χ3n) is 1.78. The van der Waals surface area contributed by atoms with Crippen molar-refractivity contribution in [2.24, 2.45) is 0 Å². The Balaban J connectivity index is 2.63. The second-order valence-electron chi connectivity index (χ2n) is 4.34. The molecule has 0 spiro atoms. The average molecular weight is 212 g/mol. The molecule has 84 valence electrons. The van der Waals surface area contributed by atoms with Gasteiger partial charge in [-0.25, -0.2) is 4.79 Å². The topological polar surface area (TPSA) is 64.4 Å². The molecule has 0 aliphatic rings. The number of aryl methyl sites for hydroxylation is 1. The molecule has 0 saturated heterocycles. The van der Waals surface area contributed by atoms with Crippen LogP contribution in [0.25, 0.3) is 0 Å². The summed E-state index contributed by atoms with van der Waals surface area (Å²) >= 11 is 0. The first-order valence-electron chi connectivity index (χ1n) is 4.72. The highest BCUT2D eigenvalue weighted by atomic mass is 16.6. The first-order valence-corrected chi connectivity index (χ1v) is 4.72. The van der Waals surface area contributed by atoms with Crippen molar-refractivity contribution >= 4 is 11.9 Å². The molecule has 5 nitrogen and oxygen atoms in total. The fraction of sp³-hybridized carbons (Fsp3) is 0.600. The second kappa shape index (κ2) is 3.92. The van der Waals surface area contributed by atoms with Gasteiger partial charge in [-0.2, -0.15) is 0 Å². The molecule has 1 heterocycles. The number of hydrogen-bond acceptors (Lipinski definition) is 4. The van der Waals surface area contributed by atoms with Gasteiger partial charge in [0, 0.05) is 5.56 Å². The average Bonchev–Trinajstić information content (AvgIpc) is 2.32. The Morgan fingerprint density at radius 3 is 2.40 bits per heavy atom. The lowest BCUT2D eigenvalue weighted by Crippen LogP contribution is -2.27. The number of carbonyl (C=O) groups excluding carboxylic acids is 1. The van der Waals surface area contributed by atoms with E-state index in [1.807, 2.05) is 6.92 Å². The normalized spacial score (nSPS) is 11.3. The molecule has 1 amide bonds. The maximum Gasteiger partial charge on any atom is 0.413 e. The van der Waals surface area contributed by atoms with Crippen LogP contribution in [0.15, 0.2) is 4.52 Å². The van der Waals surface area contributed by atoms with E-state index in [4.69, 9.17) is 9.26 Å². The third-order valence-corrected chi connectivity index (χ3v) is 1.78. The van der Waals surface area contributed by atoms with E-state index < -0.39 is 11.7 Å². The lowest BCUT2D eigenvalue weighted by atomic mass is 10.2. The number of carbonyl (C=O) groups is 1. The van der Waals surface area contributed by atoms with Crippen molar-refractivity contribution in [3.05, 3.63) is 11.3 Å². The number of nitrogens with zero attached hydrogens (tertiary/aromatic N) is 1. The van der Waals surface area contributed by atoms with Gasteiger partial charge in [0.15, 0.2) is 5.82 Å². The molecule has 15 heavy (non-hydrogen) atoms. The van der Waals surface area contributed by atoms with Crippen LogP contribution in [0.5, 0.6) is 0 Å². The first-order chi connectivity index (χ1) is 6.79. The Morgan fingerprint density at radius 2 is 2.00 bits per heavy atom. The van der Waals surface area contributed by atoms with Crippen LogP contribution in [0.3, 0.4) is 0 Å². The maximum absolute atomic E-state index is 11.4. The van der Waals surface area contributed by atoms with Crippen LogP contribution in [-0.2, 0) is 4.74 Å². The van der Waals surface area contributed by atoms with E-state index in [1.165, 1.54) is 0 Å². The summed E-state index contributed by atoms with van der Waals surface area (Å²) in [4.78, 5) is 11.4. The van der Waals surface area contributed by atoms with Crippen molar-refractivity contribution in [2.75, 3.05) is 5.32 Å². The van der Waals surface area contributed by atoms with Gasteiger partial charge in [0.2, 0.25) is 0 Å². The monoisotopic (exact) mass is 212 g/mol. The van der Waals surface area contributed by atoms with E-state index in [2.05, 4.69) is 10.5 Å². The minimum absolute atomic E-state index is 0.404. The highest BCUT2D eigenvalue weighted by molar-refractivity contribution is 5.84. The number of aromatic nitrogens is 1. The summed E-state index contributed by atoms with van der Waals surface area (Å²) in [7, 11) is 0. The summed E-state index contributed by atoms with van der Waals surface area (Å²) in [6.07, 6.45) is -0.529. The molecule has 1 aromatic heterocycles. The molecule has 5 heteroatoms. The second-order valence-corrected chi connectivity index (χ2v) is 4.34. The molecular weight excluding hydrogens is 196 g/mol. The van der Waals surface area contributed by atoms with Gasteiger partial charge in [-0.05, 0) is 34.6 Å². The van der Waals surface area contributed by atoms with Crippen molar-refractivity contribution in [2.45, 2.75) is 40.2 Å². The van der Waals surface area contributed by atoms with E-state index in [0.717, 1.165) is 5.56 Å². The van der Waals surface area contributed by atoms with Crippen LogP contribution >= 0.6 is 0 Å². The van der Waals surface area contributed by atoms with Gasteiger partial charge in [0.25, 0.3) is 0 Å². The Kier molecular flexibility index (Phi) is 3.02. The van der Waals surface area contributed by atoms with Gasteiger partial charge in [0.05, 0.1) is 0 Å². The zero-order chi connectivity index (χ0) is 11.6. The highest BCUT2D eigenvalue weighted by Crippen LogP contribution is 2.17. The summed E-state index contributed by atoms with van der Waals surface area (Å²) in [6, 6.07) is 0. The zero-order valence-electron chi connectivity index (χ0n) is 9.67. The Hall–Kier alpha value is -1.52. The fourth-order valence-electron chi connectivity index (χ4n) is 0.935. The number of rotatable bonds is 1. The predicted molar refractivity (Wildman–Crippen MR) is 55.8 cm³/mol. The molecule has 0 fully saturated rings. The minimum atomic E-state index is -0.529. The Labute approximate surface area is 88.8 Å². The SMILES string of the molecule is Cc1onc(NC(=O)OC(C)(C)C)c1C. The van der Waals surface area contributed by atoms with Gasteiger partial charge < -0.3 is 9.26 Å². The molecule has 1 rings (SSSR count). The van der Waals surface area contributed by atoms with Crippen molar-refractivity contribution in [3.63, 3.8) is 0 Å². The van der Waals surface area contributed by atoms with Gasteiger partial charge in [-0.15, -0.1) is 0 Å². The molecule has 1 N–H and O–H groups in total. The zero-order valence-corrected chi connectivity index (χ0v) is 9.67. The van der Waals surface area contributed by atoms with E-state index in [-0.39, 0.29) is 0 Å².